The number of nitrogens with zero attached hydrogens (tertiary/aromatic N) is 1. The zero-order valence-corrected chi connectivity index (χ0v) is 18.2. The Hall–Kier alpha value is -2.55. The third kappa shape index (κ3) is 6.98. The van der Waals surface area contributed by atoms with Crippen LogP contribution in [0.2, 0.25) is 0 Å². The van der Waals surface area contributed by atoms with E-state index < -0.39 is 17.5 Å². The molecule has 1 aromatic rings. The SMILES string of the molecule is N#CC(F)=C/C=C/CCC1CCC(OC(=O)[C@H]2CC[C@H](c3ccc(F)c(F)c3)CC2)CC1. The molecule has 6 heteroatoms. The lowest BCUT2D eigenvalue weighted by atomic mass is 9.78. The molecule has 0 saturated heterocycles. The van der Waals surface area contributed by atoms with Crippen LogP contribution in [0.1, 0.15) is 75.7 Å². The number of hydrogen-bond donors (Lipinski definition) is 0. The number of allylic oxidation sites excluding steroid dienone is 4. The van der Waals surface area contributed by atoms with Gasteiger partial charge in [0.25, 0.3) is 0 Å². The molecule has 32 heavy (non-hydrogen) atoms. The zero-order chi connectivity index (χ0) is 22.9. The van der Waals surface area contributed by atoms with Gasteiger partial charge in [-0.05, 0) is 99.8 Å². The van der Waals surface area contributed by atoms with Crippen LogP contribution in [0.15, 0.2) is 42.3 Å². The normalized spacial score (nSPS) is 26.6. The molecule has 2 aliphatic carbocycles. The molecule has 0 radical (unpaired) electrons. The van der Waals surface area contributed by atoms with E-state index in [0.29, 0.717) is 18.8 Å². The quantitative estimate of drug-likeness (QED) is 0.257. The van der Waals surface area contributed by atoms with Gasteiger partial charge < -0.3 is 4.74 Å². The summed E-state index contributed by atoms with van der Waals surface area (Å²) >= 11 is 0. The van der Waals surface area contributed by atoms with Gasteiger partial charge in [0.2, 0.25) is 0 Å². The first-order chi connectivity index (χ1) is 15.5. The van der Waals surface area contributed by atoms with Gasteiger partial charge in [-0.3, -0.25) is 4.79 Å². The summed E-state index contributed by atoms with van der Waals surface area (Å²) in [5.41, 5.74) is 0.801. The monoisotopic (exact) mass is 445 g/mol. The molecule has 0 spiro atoms. The maximum absolute atomic E-state index is 13.5. The maximum Gasteiger partial charge on any atom is 0.309 e. The van der Waals surface area contributed by atoms with Crippen LogP contribution in [-0.2, 0) is 9.53 Å². The molecule has 3 nitrogen and oxygen atoms in total. The highest BCUT2D eigenvalue weighted by Crippen LogP contribution is 2.37. The summed E-state index contributed by atoms with van der Waals surface area (Å²) in [4.78, 5) is 12.6. The second-order valence-electron chi connectivity index (χ2n) is 8.93. The zero-order valence-electron chi connectivity index (χ0n) is 18.2. The first-order valence-electron chi connectivity index (χ1n) is 11.5. The highest BCUT2D eigenvalue weighted by atomic mass is 19.2. The van der Waals surface area contributed by atoms with E-state index in [1.165, 1.54) is 24.3 Å². The fraction of sp³-hybridized carbons (Fsp3) is 0.538. The minimum Gasteiger partial charge on any atom is -0.462 e. The molecule has 2 fully saturated rings. The van der Waals surface area contributed by atoms with E-state index >= 15 is 0 Å². The van der Waals surface area contributed by atoms with Gasteiger partial charge in [0.05, 0.1) is 5.92 Å². The Kier molecular flexibility index (Phi) is 8.96. The molecule has 1 aromatic carbocycles. The molecular formula is C26H30F3NO2. The summed E-state index contributed by atoms with van der Waals surface area (Å²) in [6.07, 6.45) is 13.2. The van der Waals surface area contributed by atoms with Crippen molar-refractivity contribution >= 4 is 5.97 Å². The Morgan fingerprint density at radius 2 is 1.78 bits per heavy atom. The lowest BCUT2D eigenvalue weighted by Crippen LogP contribution is -2.29. The van der Waals surface area contributed by atoms with Gasteiger partial charge in [0, 0.05) is 0 Å². The van der Waals surface area contributed by atoms with Crippen molar-refractivity contribution in [1.82, 2.24) is 0 Å². The Morgan fingerprint density at radius 1 is 1.06 bits per heavy atom. The fourth-order valence-corrected chi connectivity index (χ4v) is 4.85. The highest BCUT2D eigenvalue weighted by molar-refractivity contribution is 5.72. The average molecular weight is 446 g/mol. The first-order valence-corrected chi connectivity index (χ1v) is 11.5. The van der Waals surface area contributed by atoms with Crippen LogP contribution in [0, 0.1) is 34.8 Å². The molecule has 2 saturated carbocycles. The molecular weight excluding hydrogens is 415 g/mol. The minimum atomic E-state index is -0.833. The molecule has 0 bridgehead atoms. The predicted octanol–water partition coefficient (Wildman–Crippen LogP) is 7.05. The second kappa shape index (κ2) is 11.9. The Labute approximate surface area is 188 Å². The number of hydrogen-bond acceptors (Lipinski definition) is 3. The Bertz CT molecular complexity index is 874. The van der Waals surface area contributed by atoms with Crippen molar-refractivity contribution in [2.45, 2.75) is 76.2 Å². The Balaban J connectivity index is 1.35. The topological polar surface area (TPSA) is 50.1 Å². The molecule has 0 aromatic heterocycles. The molecule has 0 aliphatic heterocycles. The van der Waals surface area contributed by atoms with E-state index in [2.05, 4.69) is 0 Å². The molecule has 3 rings (SSSR count). The molecule has 172 valence electrons. The number of carbonyl (C=O) groups excluding carboxylic acids is 1. The van der Waals surface area contributed by atoms with Gasteiger partial charge in [-0.1, -0.05) is 18.2 Å². The van der Waals surface area contributed by atoms with Crippen molar-refractivity contribution in [3.8, 4) is 6.07 Å². The van der Waals surface area contributed by atoms with Crippen LogP contribution < -0.4 is 0 Å². The number of halogens is 3. The van der Waals surface area contributed by atoms with E-state index in [0.717, 1.165) is 56.9 Å². The predicted molar refractivity (Wildman–Crippen MR) is 116 cm³/mol. The second-order valence-corrected chi connectivity index (χ2v) is 8.93. The molecule has 2 aliphatic rings. The van der Waals surface area contributed by atoms with Crippen molar-refractivity contribution in [1.29, 1.82) is 5.26 Å². The van der Waals surface area contributed by atoms with Gasteiger partial charge in [-0.2, -0.15) is 9.65 Å². The lowest BCUT2D eigenvalue weighted by Gasteiger charge is -2.31. The lowest BCUT2D eigenvalue weighted by molar-refractivity contribution is -0.157. The standard InChI is InChI=1S/C26H30F3NO2/c27-22(17-30)5-3-1-2-4-18-6-13-23(14-7-18)32-26(31)20-10-8-19(9-11-20)21-12-15-24(28)25(29)16-21/h1,3,5,12,15-16,18-20,23H,2,4,6-11,13-14H2/b3-1+,22-5?/t18?,19-,20-,23?. The smallest absolute Gasteiger partial charge is 0.309 e. The van der Waals surface area contributed by atoms with E-state index in [4.69, 9.17) is 10.00 Å². The molecule has 0 heterocycles. The van der Waals surface area contributed by atoms with Crippen LogP contribution >= 0.6 is 0 Å². The molecule has 0 amide bonds. The third-order valence-corrected chi connectivity index (χ3v) is 6.78. The van der Waals surface area contributed by atoms with Crippen molar-refractivity contribution < 1.29 is 22.7 Å². The van der Waals surface area contributed by atoms with Crippen LogP contribution in [0.25, 0.3) is 0 Å². The van der Waals surface area contributed by atoms with Gasteiger partial charge in [-0.25, -0.2) is 8.78 Å². The van der Waals surface area contributed by atoms with E-state index in [1.54, 1.807) is 12.1 Å². The summed E-state index contributed by atoms with van der Waals surface area (Å²) in [6, 6.07) is 5.52. The highest BCUT2D eigenvalue weighted by Gasteiger charge is 2.31. The fourth-order valence-electron chi connectivity index (χ4n) is 4.85. The van der Waals surface area contributed by atoms with E-state index in [-0.39, 0.29) is 23.9 Å². The summed E-state index contributed by atoms with van der Waals surface area (Å²) in [6.45, 7) is 0. The van der Waals surface area contributed by atoms with E-state index in [1.807, 2.05) is 6.08 Å². The average Bonchev–Trinajstić information content (AvgIpc) is 2.81. The number of nitriles is 1. The van der Waals surface area contributed by atoms with Gasteiger partial charge >= 0.3 is 5.97 Å². The minimum absolute atomic E-state index is 0.0223. The summed E-state index contributed by atoms with van der Waals surface area (Å²) in [5.74, 6) is -1.94. The van der Waals surface area contributed by atoms with E-state index in [9.17, 15) is 18.0 Å². The number of benzene rings is 1. The van der Waals surface area contributed by atoms with Crippen LogP contribution in [0.3, 0.4) is 0 Å². The molecule has 0 unspecified atom stereocenters. The largest absolute Gasteiger partial charge is 0.462 e. The van der Waals surface area contributed by atoms with Crippen LogP contribution in [-0.4, -0.2) is 12.1 Å². The summed E-state index contributed by atoms with van der Waals surface area (Å²) in [5, 5.41) is 8.35. The number of esters is 1. The van der Waals surface area contributed by atoms with Crippen molar-refractivity contribution in [2.75, 3.05) is 0 Å². The van der Waals surface area contributed by atoms with Crippen LogP contribution in [0.5, 0.6) is 0 Å². The molecule has 0 atom stereocenters. The van der Waals surface area contributed by atoms with Gasteiger partial charge in [0.1, 0.15) is 12.2 Å². The summed E-state index contributed by atoms with van der Waals surface area (Å²) < 4.78 is 45.1. The number of rotatable bonds is 7. The third-order valence-electron chi connectivity index (χ3n) is 6.78. The molecule has 0 N–H and O–H groups in total. The van der Waals surface area contributed by atoms with Crippen molar-refractivity contribution in [2.24, 2.45) is 11.8 Å². The first kappa shape index (κ1) is 24.1. The van der Waals surface area contributed by atoms with Crippen molar-refractivity contribution in [3.05, 3.63) is 59.5 Å². The summed E-state index contributed by atoms with van der Waals surface area (Å²) in [7, 11) is 0. The van der Waals surface area contributed by atoms with Crippen LogP contribution in [0.4, 0.5) is 13.2 Å². The van der Waals surface area contributed by atoms with Crippen molar-refractivity contribution in [3.63, 3.8) is 0 Å². The number of ether oxygens (including phenoxy) is 1. The Morgan fingerprint density at radius 3 is 2.44 bits per heavy atom. The van der Waals surface area contributed by atoms with Gasteiger partial charge in [0.15, 0.2) is 17.5 Å². The number of carbonyl (C=O) groups is 1. The van der Waals surface area contributed by atoms with Gasteiger partial charge in [-0.15, -0.1) is 0 Å². The maximum atomic E-state index is 13.5.